The normalized spacial score (nSPS) is 16.1. The first kappa shape index (κ1) is 19.2. The van der Waals surface area contributed by atoms with Crippen LogP contribution in [0, 0.1) is 0 Å². The second-order valence-corrected chi connectivity index (χ2v) is 8.19. The van der Waals surface area contributed by atoms with Crippen LogP contribution in [0.3, 0.4) is 0 Å². The summed E-state index contributed by atoms with van der Waals surface area (Å²) in [5.41, 5.74) is 2.45. The summed E-state index contributed by atoms with van der Waals surface area (Å²) in [4.78, 5) is 17.1. The zero-order valence-electron chi connectivity index (χ0n) is 15.9. The summed E-state index contributed by atoms with van der Waals surface area (Å²) >= 11 is 12.8. The van der Waals surface area contributed by atoms with Gasteiger partial charge in [-0.2, -0.15) is 9.67 Å². The standard InChI is InChI=1S/C22H18Cl2N4O2/c23-15-7-4-8-18(20(15)13-9-10-13)30-12-17-16(24)11-19(29)28-22(25-17)26-21(27-28)14-5-2-1-3-6-14/h1-8,13H,9-12H2,(H,25,26,27). The van der Waals surface area contributed by atoms with Crippen molar-refractivity contribution in [2.45, 2.75) is 25.2 Å². The number of aromatic nitrogens is 3. The van der Waals surface area contributed by atoms with Crippen LogP contribution >= 0.6 is 23.2 Å². The predicted molar refractivity (Wildman–Crippen MR) is 116 cm³/mol. The van der Waals surface area contributed by atoms with E-state index >= 15 is 0 Å². The quantitative estimate of drug-likeness (QED) is 0.570. The van der Waals surface area contributed by atoms with E-state index in [9.17, 15) is 4.79 Å². The Bertz CT molecular complexity index is 1150. The van der Waals surface area contributed by atoms with E-state index in [1.807, 2.05) is 48.5 Å². The van der Waals surface area contributed by atoms with Crippen LogP contribution in [0.2, 0.25) is 5.02 Å². The summed E-state index contributed by atoms with van der Waals surface area (Å²) in [7, 11) is 0. The van der Waals surface area contributed by atoms with Gasteiger partial charge in [0.1, 0.15) is 12.4 Å². The van der Waals surface area contributed by atoms with Gasteiger partial charge in [0.25, 0.3) is 5.91 Å². The van der Waals surface area contributed by atoms with E-state index in [2.05, 4.69) is 15.4 Å². The van der Waals surface area contributed by atoms with Crippen molar-refractivity contribution in [1.82, 2.24) is 14.8 Å². The number of hydrogen-bond acceptors (Lipinski definition) is 5. The minimum atomic E-state index is -0.256. The Kier molecular flexibility index (Phi) is 4.97. The molecule has 1 aliphatic heterocycles. The molecule has 0 atom stereocenters. The highest BCUT2D eigenvalue weighted by Gasteiger charge is 2.30. The van der Waals surface area contributed by atoms with E-state index in [0.29, 0.717) is 33.4 Å². The molecule has 1 aromatic heterocycles. The number of fused-ring (bicyclic) bond motifs is 1. The molecule has 2 aliphatic rings. The zero-order chi connectivity index (χ0) is 20.7. The zero-order valence-corrected chi connectivity index (χ0v) is 17.5. The second kappa shape index (κ2) is 7.78. The van der Waals surface area contributed by atoms with Crippen LogP contribution in [0.25, 0.3) is 11.4 Å². The maximum atomic E-state index is 12.6. The van der Waals surface area contributed by atoms with E-state index in [1.165, 1.54) is 4.68 Å². The molecule has 8 heteroatoms. The fourth-order valence-electron chi connectivity index (χ4n) is 3.47. The number of allylic oxidation sites excluding steroid dienone is 1. The number of anilines is 1. The highest BCUT2D eigenvalue weighted by atomic mass is 35.5. The van der Waals surface area contributed by atoms with Crippen molar-refractivity contribution in [3.63, 3.8) is 0 Å². The third kappa shape index (κ3) is 3.68. The Morgan fingerprint density at radius 1 is 1.10 bits per heavy atom. The molecule has 0 bridgehead atoms. The SMILES string of the molecule is O=C1CC(Cl)=C(COc2cccc(Cl)c2C2CC2)Nc2nc(-c3ccccc3)nn21. The fourth-order valence-corrected chi connectivity index (χ4v) is 4.01. The first-order chi connectivity index (χ1) is 14.6. The monoisotopic (exact) mass is 440 g/mol. The first-order valence-corrected chi connectivity index (χ1v) is 10.5. The van der Waals surface area contributed by atoms with Crippen molar-refractivity contribution in [3.8, 4) is 17.1 Å². The summed E-state index contributed by atoms with van der Waals surface area (Å²) in [5, 5.41) is 8.59. The van der Waals surface area contributed by atoms with Crippen LogP contribution in [0.4, 0.5) is 5.95 Å². The molecule has 0 radical (unpaired) electrons. The molecule has 1 fully saturated rings. The number of ether oxygens (including phenoxy) is 1. The van der Waals surface area contributed by atoms with Crippen LogP contribution in [-0.2, 0) is 0 Å². The highest BCUT2D eigenvalue weighted by Crippen LogP contribution is 2.47. The van der Waals surface area contributed by atoms with Gasteiger partial charge < -0.3 is 10.1 Å². The Hall–Kier alpha value is -2.83. The molecule has 30 heavy (non-hydrogen) atoms. The van der Waals surface area contributed by atoms with Crippen molar-refractivity contribution in [2.24, 2.45) is 0 Å². The van der Waals surface area contributed by atoms with Crippen molar-refractivity contribution in [2.75, 3.05) is 11.9 Å². The Balaban J connectivity index is 1.41. The molecule has 6 nitrogen and oxygen atoms in total. The van der Waals surface area contributed by atoms with Crippen LogP contribution in [-0.4, -0.2) is 27.3 Å². The first-order valence-electron chi connectivity index (χ1n) is 9.71. The molecule has 152 valence electrons. The van der Waals surface area contributed by atoms with Crippen molar-refractivity contribution >= 4 is 35.1 Å². The van der Waals surface area contributed by atoms with E-state index < -0.39 is 0 Å². The number of carbonyl (C=O) groups excluding carboxylic acids is 1. The molecule has 0 amide bonds. The highest BCUT2D eigenvalue weighted by molar-refractivity contribution is 6.32. The molecule has 1 N–H and O–H groups in total. The van der Waals surface area contributed by atoms with E-state index in [4.69, 9.17) is 27.9 Å². The summed E-state index contributed by atoms with van der Waals surface area (Å²) in [6, 6.07) is 15.2. The number of nitrogens with one attached hydrogen (secondary N) is 1. The van der Waals surface area contributed by atoms with Crippen LogP contribution in [0.5, 0.6) is 5.75 Å². The van der Waals surface area contributed by atoms with Crippen LogP contribution < -0.4 is 10.1 Å². The molecule has 2 heterocycles. The average molecular weight is 441 g/mol. The molecule has 0 spiro atoms. The summed E-state index contributed by atoms with van der Waals surface area (Å²) in [5.74, 6) is 1.72. The Morgan fingerprint density at radius 2 is 1.90 bits per heavy atom. The van der Waals surface area contributed by atoms with Gasteiger partial charge in [-0.15, -0.1) is 5.10 Å². The lowest BCUT2D eigenvalue weighted by atomic mass is 10.1. The lowest BCUT2D eigenvalue weighted by molar-refractivity contribution is 0.0904. The number of nitrogens with zero attached hydrogens (tertiary/aromatic N) is 3. The number of rotatable bonds is 5. The number of halogens is 2. The van der Waals surface area contributed by atoms with Gasteiger partial charge in [0, 0.05) is 16.1 Å². The predicted octanol–water partition coefficient (Wildman–Crippen LogP) is 5.46. The smallest absolute Gasteiger partial charge is 0.255 e. The van der Waals surface area contributed by atoms with Gasteiger partial charge >= 0.3 is 0 Å². The van der Waals surface area contributed by atoms with Crippen LogP contribution in [0.15, 0.2) is 59.3 Å². The van der Waals surface area contributed by atoms with Gasteiger partial charge in [0.2, 0.25) is 5.95 Å². The molecule has 0 unspecified atom stereocenters. The van der Waals surface area contributed by atoms with E-state index in [0.717, 1.165) is 29.7 Å². The number of carbonyl (C=O) groups is 1. The van der Waals surface area contributed by atoms with Crippen LogP contribution in [0.1, 0.15) is 35.5 Å². The minimum Gasteiger partial charge on any atom is -0.487 e. The molecule has 5 rings (SSSR count). The molecule has 2 aromatic carbocycles. The largest absolute Gasteiger partial charge is 0.487 e. The van der Waals surface area contributed by atoms with Gasteiger partial charge in [-0.25, -0.2) is 0 Å². The average Bonchev–Trinajstić information content (AvgIpc) is 3.51. The Labute approximate surface area is 183 Å². The van der Waals surface area contributed by atoms with E-state index in [-0.39, 0.29) is 18.9 Å². The fraction of sp³-hybridized carbons (Fsp3) is 0.227. The van der Waals surface area contributed by atoms with Gasteiger partial charge in [-0.3, -0.25) is 4.79 Å². The lowest BCUT2D eigenvalue weighted by Crippen LogP contribution is -2.14. The topological polar surface area (TPSA) is 69.0 Å². The van der Waals surface area contributed by atoms with Gasteiger partial charge in [-0.1, -0.05) is 59.6 Å². The van der Waals surface area contributed by atoms with E-state index in [1.54, 1.807) is 0 Å². The number of benzene rings is 2. The van der Waals surface area contributed by atoms with Gasteiger partial charge in [0.05, 0.1) is 17.2 Å². The maximum absolute atomic E-state index is 12.6. The number of hydrogen-bond donors (Lipinski definition) is 1. The lowest BCUT2D eigenvalue weighted by Gasteiger charge is -2.15. The molecular weight excluding hydrogens is 423 g/mol. The molecule has 0 saturated heterocycles. The van der Waals surface area contributed by atoms with Gasteiger partial charge in [0.15, 0.2) is 5.82 Å². The van der Waals surface area contributed by atoms with Crippen molar-refractivity contribution < 1.29 is 9.53 Å². The molecular formula is C22H18Cl2N4O2. The summed E-state index contributed by atoms with van der Waals surface area (Å²) in [6.45, 7) is 0.166. The van der Waals surface area contributed by atoms with Crippen molar-refractivity contribution in [1.29, 1.82) is 0 Å². The van der Waals surface area contributed by atoms with Crippen molar-refractivity contribution in [3.05, 3.63) is 69.8 Å². The molecule has 1 saturated carbocycles. The third-order valence-electron chi connectivity index (χ3n) is 5.14. The third-order valence-corrected chi connectivity index (χ3v) is 5.83. The summed E-state index contributed by atoms with van der Waals surface area (Å²) < 4.78 is 7.33. The molecule has 3 aromatic rings. The van der Waals surface area contributed by atoms with Gasteiger partial charge in [-0.05, 0) is 30.9 Å². The molecule has 1 aliphatic carbocycles. The minimum absolute atomic E-state index is 0.0167. The maximum Gasteiger partial charge on any atom is 0.255 e. The second-order valence-electron chi connectivity index (χ2n) is 7.33. The summed E-state index contributed by atoms with van der Waals surface area (Å²) in [6.07, 6.45) is 2.24. The Morgan fingerprint density at radius 3 is 2.67 bits per heavy atom.